The van der Waals surface area contributed by atoms with E-state index < -0.39 is 0 Å². The van der Waals surface area contributed by atoms with E-state index in [0.717, 1.165) is 17.1 Å². The Morgan fingerprint density at radius 3 is 2.44 bits per heavy atom. The molecule has 0 saturated heterocycles. The third kappa shape index (κ3) is 2.36. The number of hydrogen-bond acceptors (Lipinski definition) is 2. The van der Waals surface area contributed by atoms with Gasteiger partial charge in [-0.3, -0.25) is 0 Å². The van der Waals surface area contributed by atoms with E-state index in [0.29, 0.717) is 10.6 Å². The first-order valence-electron chi connectivity index (χ1n) is 6.17. The summed E-state index contributed by atoms with van der Waals surface area (Å²) < 4.78 is 0.690. The van der Waals surface area contributed by atoms with Gasteiger partial charge in [-0.05, 0) is 19.4 Å². The number of hydrogen-bond donors (Lipinski definition) is 1. The number of H-pyrrole nitrogens is 1. The average Bonchev–Trinajstić information content (AvgIpc) is 2.33. The maximum absolute atomic E-state index is 5.36. The minimum absolute atomic E-state index is 0.343. The summed E-state index contributed by atoms with van der Waals surface area (Å²) >= 11 is 5.36. The van der Waals surface area contributed by atoms with Gasteiger partial charge in [0.05, 0.1) is 5.69 Å². The molecule has 2 rings (SSSR count). The number of nitrogens with zero attached hydrogens (tertiary/aromatic N) is 1. The molecule has 0 spiro atoms. The second-order valence-electron chi connectivity index (χ2n) is 4.90. The molecule has 94 valence electrons. The lowest BCUT2D eigenvalue weighted by atomic mass is 10.0. The SMILES string of the molecule is Cc1ccccc1-c1[nH]c(C(C)C)nc(=S)c1C. The van der Waals surface area contributed by atoms with Gasteiger partial charge in [-0.25, -0.2) is 4.98 Å². The van der Waals surface area contributed by atoms with Crippen LogP contribution in [0.3, 0.4) is 0 Å². The van der Waals surface area contributed by atoms with Crippen molar-refractivity contribution in [1.29, 1.82) is 0 Å². The van der Waals surface area contributed by atoms with Crippen LogP contribution in [0.15, 0.2) is 24.3 Å². The van der Waals surface area contributed by atoms with Crippen molar-refractivity contribution in [3.8, 4) is 11.3 Å². The molecule has 1 N–H and O–H groups in total. The van der Waals surface area contributed by atoms with Crippen molar-refractivity contribution < 1.29 is 0 Å². The molecular weight excluding hydrogens is 240 g/mol. The number of nitrogens with one attached hydrogen (secondary N) is 1. The monoisotopic (exact) mass is 258 g/mol. The van der Waals surface area contributed by atoms with E-state index in [1.165, 1.54) is 11.1 Å². The van der Waals surface area contributed by atoms with E-state index in [1.807, 2.05) is 19.1 Å². The molecule has 0 atom stereocenters. The standard InChI is InChI=1S/C15H18N2S/c1-9(2)14-16-13(11(4)15(18)17-14)12-8-6-5-7-10(12)3/h5-9H,1-4H3,(H,16,17,18). The van der Waals surface area contributed by atoms with E-state index in [4.69, 9.17) is 12.2 Å². The summed E-state index contributed by atoms with van der Waals surface area (Å²) in [6, 6.07) is 8.33. The summed E-state index contributed by atoms with van der Waals surface area (Å²) in [7, 11) is 0. The zero-order chi connectivity index (χ0) is 13.3. The number of aryl methyl sites for hydroxylation is 1. The Morgan fingerprint density at radius 2 is 1.83 bits per heavy atom. The molecule has 18 heavy (non-hydrogen) atoms. The fraction of sp³-hybridized carbons (Fsp3) is 0.333. The van der Waals surface area contributed by atoms with Crippen LogP contribution in [0.1, 0.15) is 36.7 Å². The summed E-state index contributed by atoms with van der Waals surface area (Å²) in [5.41, 5.74) is 4.58. The lowest BCUT2D eigenvalue weighted by Gasteiger charge is -2.13. The first kappa shape index (κ1) is 13.0. The fourth-order valence-electron chi connectivity index (χ4n) is 1.95. The quantitative estimate of drug-likeness (QED) is 0.801. The first-order valence-corrected chi connectivity index (χ1v) is 6.58. The molecule has 0 amide bonds. The third-order valence-corrected chi connectivity index (χ3v) is 3.53. The number of aromatic amines is 1. The van der Waals surface area contributed by atoms with Gasteiger partial charge in [0.2, 0.25) is 0 Å². The molecule has 2 aromatic rings. The van der Waals surface area contributed by atoms with E-state index in [1.54, 1.807) is 0 Å². The molecule has 0 radical (unpaired) electrons. The molecule has 0 aliphatic rings. The zero-order valence-electron chi connectivity index (χ0n) is 11.2. The van der Waals surface area contributed by atoms with Gasteiger partial charge in [0.25, 0.3) is 0 Å². The minimum Gasteiger partial charge on any atom is -0.343 e. The van der Waals surface area contributed by atoms with Gasteiger partial charge < -0.3 is 4.98 Å². The smallest absolute Gasteiger partial charge is 0.133 e. The summed E-state index contributed by atoms with van der Waals surface area (Å²) in [4.78, 5) is 7.88. The van der Waals surface area contributed by atoms with Crippen LogP contribution in [0.5, 0.6) is 0 Å². The summed E-state index contributed by atoms with van der Waals surface area (Å²) in [6.45, 7) is 8.37. The Morgan fingerprint density at radius 1 is 1.17 bits per heavy atom. The van der Waals surface area contributed by atoms with Crippen LogP contribution < -0.4 is 0 Å². The summed E-state index contributed by atoms with van der Waals surface area (Å²) in [5, 5.41) is 0. The predicted molar refractivity (Wildman–Crippen MR) is 78.4 cm³/mol. The lowest BCUT2D eigenvalue weighted by molar-refractivity contribution is 0.770. The molecule has 0 fully saturated rings. The molecule has 0 saturated carbocycles. The summed E-state index contributed by atoms with van der Waals surface area (Å²) in [5.74, 6) is 1.29. The second kappa shape index (κ2) is 5.02. The summed E-state index contributed by atoms with van der Waals surface area (Å²) in [6.07, 6.45) is 0. The van der Waals surface area contributed by atoms with Crippen LogP contribution >= 0.6 is 12.2 Å². The van der Waals surface area contributed by atoms with E-state index in [9.17, 15) is 0 Å². The first-order chi connectivity index (χ1) is 8.50. The lowest BCUT2D eigenvalue weighted by Crippen LogP contribution is -2.02. The van der Waals surface area contributed by atoms with E-state index in [-0.39, 0.29) is 0 Å². The van der Waals surface area contributed by atoms with Crippen molar-refractivity contribution in [2.24, 2.45) is 0 Å². The van der Waals surface area contributed by atoms with Crippen LogP contribution in [0.2, 0.25) is 0 Å². The minimum atomic E-state index is 0.343. The number of rotatable bonds is 2. The van der Waals surface area contributed by atoms with Crippen molar-refractivity contribution in [2.75, 3.05) is 0 Å². The molecule has 0 aliphatic carbocycles. The maximum Gasteiger partial charge on any atom is 0.133 e. The Balaban J connectivity index is 2.71. The highest BCUT2D eigenvalue weighted by molar-refractivity contribution is 7.71. The van der Waals surface area contributed by atoms with Crippen molar-refractivity contribution in [3.63, 3.8) is 0 Å². The fourth-order valence-corrected chi connectivity index (χ4v) is 2.15. The second-order valence-corrected chi connectivity index (χ2v) is 5.28. The van der Waals surface area contributed by atoms with Crippen LogP contribution in [0.4, 0.5) is 0 Å². The van der Waals surface area contributed by atoms with Crippen LogP contribution in [0, 0.1) is 18.5 Å². The van der Waals surface area contributed by atoms with Gasteiger partial charge in [0.1, 0.15) is 10.5 Å². The highest BCUT2D eigenvalue weighted by Crippen LogP contribution is 2.26. The predicted octanol–water partition coefficient (Wildman–Crippen LogP) is 4.55. The third-order valence-electron chi connectivity index (χ3n) is 3.13. The molecule has 1 aromatic carbocycles. The number of aromatic nitrogens is 2. The Labute approximate surface area is 113 Å². The average molecular weight is 258 g/mol. The molecule has 0 bridgehead atoms. The largest absolute Gasteiger partial charge is 0.343 e. The van der Waals surface area contributed by atoms with Gasteiger partial charge in [-0.15, -0.1) is 0 Å². The molecule has 1 heterocycles. The topological polar surface area (TPSA) is 28.7 Å². The zero-order valence-corrected chi connectivity index (χ0v) is 12.1. The molecular formula is C15H18N2S. The molecule has 0 unspecified atom stereocenters. The normalized spacial score (nSPS) is 10.9. The Hall–Kier alpha value is -1.48. The molecule has 0 aliphatic heterocycles. The number of benzene rings is 1. The Kier molecular flexibility index (Phi) is 3.62. The van der Waals surface area contributed by atoms with Crippen LogP contribution in [0.25, 0.3) is 11.3 Å². The maximum atomic E-state index is 5.36. The van der Waals surface area contributed by atoms with Crippen molar-refractivity contribution in [2.45, 2.75) is 33.6 Å². The highest BCUT2D eigenvalue weighted by atomic mass is 32.1. The van der Waals surface area contributed by atoms with Crippen molar-refractivity contribution in [1.82, 2.24) is 9.97 Å². The van der Waals surface area contributed by atoms with Gasteiger partial charge in [-0.2, -0.15) is 0 Å². The van der Waals surface area contributed by atoms with Crippen LogP contribution in [-0.4, -0.2) is 9.97 Å². The van der Waals surface area contributed by atoms with Gasteiger partial charge in [0.15, 0.2) is 0 Å². The van der Waals surface area contributed by atoms with Gasteiger partial charge in [-0.1, -0.05) is 50.3 Å². The van der Waals surface area contributed by atoms with Crippen LogP contribution in [-0.2, 0) is 0 Å². The van der Waals surface area contributed by atoms with Gasteiger partial charge >= 0.3 is 0 Å². The van der Waals surface area contributed by atoms with E-state index >= 15 is 0 Å². The highest BCUT2D eigenvalue weighted by Gasteiger charge is 2.10. The van der Waals surface area contributed by atoms with Crippen molar-refractivity contribution in [3.05, 3.63) is 45.9 Å². The molecule has 1 aromatic heterocycles. The van der Waals surface area contributed by atoms with Gasteiger partial charge in [0, 0.05) is 17.0 Å². The van der Waals surface area contributed by atoms with E-state index in [2.05, 4.69) is 42.9 Å². The Bertz CT molecular complexity index is 627. The molecule has 2 nitrogen and oxygen atoms in total. The van der Waals surface area contributed by atoms with Crippen molar-refractivity contribution >= 4 is 12.2 Å². The molecule has 3 heteroatoms.